The Morgan fingerprint density at radius 2 is 1.27 bits per heavy atom. The highest BCUT2D eigenvalue weighted by Gasteiger charge is 2.32. The molecule has 8 heteroatoms. The number of carbonyl (C=O) groups is 3. The maximum atomic E-state index is 13.8. The number of esters is 1. The third-order valence-corrected chi connectivity index (χ3v) is 7.68. The number of imide groups is 1. The van der Waals surface area contributed by atoms with Crippen molar-refractivity contribution in [1.82, 2.24) is 0 Å². The van der Waals surface area contributed by atoms with Crippen molar-refractivity contribution < 1.29 is 28.6 Å². The van der Waals surface area contributed by atoms with Gasteiger partial charge in [-0.2, -0.15) is 4.90 Å². The van der Waals surface area contributed by atoms with Crippen LogP contribution in [0.4, 0.5) is 21.0 Å². The number of amides is 2. The molecule has 246 valence electrons. The molecule has 8 nitrogen and oxygen atoms in total. The predicted octanol–water partition coefficient (Wildman–Crippen LogP) is 8.85. The summed E-state index contributed by atoms with van der Waals surface area (Å²) in [6.07, 6.45) is 2.24. The molecule has 0 atom stereocenters. The molecule has 5 aromatic rings. The summed E-state index contributed by atoms with van der Waals surface area (Å²) >= 11 is 0. The van der Waals surface area contributed by atoms with E-state index in [9.17, 15) is 14.4 Å². The minimum Gasteiger partial charge on any atom is -0.466 e. The molecule has 2 amide bonds. The van der Waals surface area contributed by atoms with Gasteiger partial charge >= 0.3 is 18.2 Å². The van der Waals surface area contributed by atoms with Crippen LogP contribution < -0.4 is 9.80 Å². The summed E-state index contributed by atoms with van der Waals surface area (Å²) in [5.74, 6) is -0.439. The van der Waals surface area contributed by atoms with E-state index in [2.05, 4.69) is 23.1 Å². The third kappa shape index (κ3) is 8.59. The van der Waals surface area contributed by atoms with Crippen LogP contribution in [0.1, 0.15) is 31.9 Å². The molecule has 0 fully saturated rings. The molecule has 0 unspecified atom stereocenters. The van der Waals surface area contributed by atoms with Gasteiger partial charge in [0.05, 0.1) is 12.8 Å². The quantitative estimate of drug-likeness (QED) is 0.0650. The third-order valence-electron chi connectivity index (χ3n) is 7.68. The van der Waals surface area contributed by atoms with Gasteiger partial charge in [0.15, 0.2) is 0 Å². The van der Waals surface area contributed by atoms with Crippen molar-refractivity contribution in [1.29, 1.82) is 0 Å². The summed E-state index contributed by atoms with van der Waals surface area (Å²) in [7, 11) is 1.35. The van der Waals surface area contributed by atoms with E-state index in [-0.39, 0.29) is 6.61 Å². The SMILES string of the molecule is COC(=O)/C=C/CN(CCc1ccccc1)c1ccc(N(C(=O)OCc2ccccc2)C(=O)OC(C)(C)C)c2cc3ccccc3cc12. The van der Waals surface area contributed by atoms with Crippen molar-refractivity contribution >= 4 is 51.1 Å². The monoisotopic (exact) mass is 644 g/mol. The Hall–Kier alpha value is -5.63. The van der Waals surface area contributed by atoms with Crippen LogP contribution in [0.2, 0.25) is 0 Å². The van der Waals surface area contributed by atoms with Gasteiger partial charge in [0.25, 0.3) is 0 Å². The lowest BCUT2D eigenvalue weighted by Crippen LogP contribution is -2.41. The Morgan fingerprint density at radius 3 is 1.88 bits per heavy atom. The zero-order valence-corrected chi connectivity index (χ0v) is 27.7. The van der Waals surface area contributed by atoms with Crippen LogP contribution in [0, 0.1) is 0 Å². The Labute approximate surface area is 281 Å². The van der Waals surface area contributed by atoms with Gasteiger partial charge in [-0.05, 0) is 73.4 Å². The smallest absolute Gasteiger partial charge is 0.424 e. The highest BCUT2D eigenvalue weighted by Crippen LogP contribution is 2.38. The Balaban J connectivity index is 1.63. The van der Waals surface area contributed by atoms with Gasteiger partial charge in [0, 0.05) is 35.6 Å². The fourth-order valence-electron chi connectivity index (χ4n) is 5.40. The van der Waals surface area contributed by atoms with Gasteiger partial charge in [-0.25, -0.2) is 14.4 Å². The number of rotatable bonds is 10. The minimum atomic E-state index is -0.863. The van der Waals surface area contributed by atoms with Crippen molar-refractivity contribution in [2.24, 2.45) is 0 Å². The number of hydrogen-bond acceptors (Lipinski definition) is 7. The maximum Gasteiger partial charge on any atom is 0.424 e. The van der Waals surface area contributed by atoms with Crippen molar-refractivity contribution in [3.63, 3.8) is 0 Å². The zero-order valence-electron chi connectivity index (χ0n) is 27.7. The number of ether oxygens (including phenoxy) is 3. The molecule has 0 aromatic heterocycles. The Bertz CT molecular complexity index is 1920. The van der Waals surface area contributed by atoms with Gasteiger partial charge in [-0.1, -0.05) is 91.0 Å². The molecule has 5 rings (SSSR count). The first-order valence-corrected chi connectivity index (χ1v) is 15.9. The second-order valence-corrected chi connectivity index (χ2v) is 12.3. The number of benzene rings is 5. The molecule has 0 spiro atoms. The first kappa shape index (κ1) is 33.7. The summed E-state index contributed by atoms with van der Waals surface area (Å²) < 4.78 is 16.2. The normalized spacial score (nSPS) is 11.4. The average Bonchev–Trinajstić information content (AvgIpc) is 3.08. The van der Waals surface area contributed by atoms with Gasteiger partial charge < -0.3 is 19.1 Å². The molecule has 0 bridgehead atoms. The number of carbonyl (C=O) groups excluding carboxylic acids is 3. The Kier molecular flexibility index (Phi) is 10.8. The zero-order chi connectivity index (χ0) is 34.1. The average molecular weight is 645 g/mol. The lowest BCUT2D eigenvalue weighted by atomic mass is 9.99. The molecule has 0 aliphatic rings. The van der Waals surface area contributed by atoms with Crippen LogP contribution in [0.15, 0.2) is 121 Å². The van der Waals surface area contributed by atoms with Gasteiger partial charge in [0.1, 0.15) is 12.2 Å². The molecule has 0 N–H and O–H groups in total. The molecular formula is C40H40N2O6. The van der Waals surface area contributed by atoms with Crippen molar-refractivity contribution in [3.8, 4) is 0 Å². The van der Waals surface area contributed by atoms with E-state index < -0.39 is 23.8 Å². The fraction of sp³-hybridized carbons (Fsp3) is 0.225. The van der Waals surface area contributed by atoms with E-state index in [4.69, 9.17) is 14.2 Å². The van der Waals surface area contributed by atoms with E-state index in [1.54, 1.807) is 32.9 Å². The summed E-state index contributed by atoms with van der Waals surface area (Å²) in [5.41, 5.74) is 2.29. The number of fused-ring (bicyclic) bond motifs is 2. The van der Waals surface area contributed by atoms with E-state index in [0.717, 1.165) is 38.7 Å². The first-order valence-electron chi connectivity index (χ1n) is 15.9. The fourth-order valence-corrected chi connectivity index (χ4v) is 5.40. The number of methoxy groups -OCH3 is 1. The number of nitrogens with zero attached hydrogens (tertiary/aromatic N) is 2. The largest absolute Gasteiger partial charge is 0.466 e. The van der Waals surface area contributed by atoms with Crippen LogP contribution >= 0.6 is 0 Å². The second kappa shape index (κ2) is 15.3. The van der Waals surface area contributed by atoms with Crippen molar-refractivity contribution in [2.45, 2.75) is 39.4 Å². The lowest BCUT2D eigenvalue weighted by molar-refractivity contribution is -0.134. The van der Waals surface area contributed by atoms with E-state index in [1.165, 1.54) is 18.7 Å². The molecule has 0 aliphatic heterocycles. The lowest BCUT2D eigenvalue weighted by Gasteiger charge is -2.29. The summed E-state index contributed by atoms with van der Waals surface area (Å²) in [5, 5.41) is 3.41. The van der Waals surface area contributed by atoms with Crippen LogP contribution in [-0.4, -0.2) is 44.0 Å². The van der Waals surface area contributed by atoms with Crippen LogP contribution in [0.3, 0.4) is 0 Å². The van der Waals surface area contributed by atoms with Crippen molar-refractivity contribution in [3.05, 3.63) is 132 Å². The highest BCUT2D eigenvalue weighted by atomic mass is 16.6. The highest BCUT2D eigenvalue weighted by molar-refractivity contribution is 6.18. The van der Waals surface area contributed by atoms with E-state index >= 15 is 0 Å². The van der Waals surface area contributed by atoms with Gasteiger partial charge in [-0.15, -0.1) is 0 Å². The number of anilines is 2. The molecular weight excluding hydrogens is 604 g/mol. The maximum absolute atomic E-state index is 13.8. The first-order chi connectivity index (χ1) is 23.1. The molecule has 0 saturated heterocycles. The summed E-state index contributed by atoms with van der Waals surface area (Å²) in [4.78, 5) is 42.6. The molecule has 0 heterocycles. The topological polar surface area (TPSA) is 85.4 Å². The molecule has 0 aliphatic carbocycles. The van der Waals surface area contributed by atoms with Crippen LogP contribution in [-0.2, 0) is 32.0 Å². The summed E-state index contributed by atoms with van der Waals surface area (Å²) in [6, 6.07) is 35.1. The van der Waals surface area contributed by atoms with Crippen molar-refractivity contribution in [2.75, 3.05) is 30.0 Å². The van der Waals surface area contributed by atoms with E-state index in [0.29, 0.717) is 24.2 Å². The molecule has 0 radical (unpaired) electrons. The predicted molar refractivity (Wildman–Crippen MR) is 190 cm³/mol. The van der Waals surface area contributed by atoms with Gasteiger partial charge in [0.2, 0.25) is 0 Å². The second-order valence-electron chi connectivity index (χ2n) is 12.3. The molecule has 0 saturated carbocycles. The molecule has 48 heavy (non-hydrogen) atoms. The van der Waals surface area contributed by atoms with E-state index in [1.807, 2.05) is 84.9 Å². The van der Waals surface area contributed by atoms with Crippen LogP contribution in [0.25, 0.3) is 21.5 Å². The van der Waals surface area contributed by atoms with Crippen LogP contribution in [0.5, 0.6) is 0 Å². The molecule has 5 aromatic carbocycles. The summed E-state index contributed by atoms with van der Waals surface area (Å²) in [6.45, 7) is 6.28. The number of hydrogen-bond donors (Lipinski definition) is 0. The van der Waals surface area contributed by atoms with Gasteiger partial charge in [-0.3, -0.25) is 0 Å². The minimum absolute atomic E-state index is 0.0162. The standard InChI is InChI=1S/C40H40N2O6/c1-40(2,3)48-39(45)42(38(44)47-28-30-16-9-6-10-17-30)36-22-21-35(33-26-31-18-11-12-19-32(31)27-34(33)36)41(24-13-20-37(43)46-4)25-23-29-14-7-5-8-15-29/h5-22,26-27H,23-25,28H2,1-4H3/b20-13+. The Morgan fingerprint density at radius 1 is 0.708 bits per heavy atom.